The third-order valence-electron chi connectivity index (χ3n) is 4.95. The lowest BCUT2D eigenvalue weighted by Gasteiger charge is -2.20. The number of nitrogens with zero attached hydrogens (tertiary/aromatic N) is 1. The maximum Gasteiger partial charge on any atom is 0.227 e. The van der Waals surface area contributed by atoms with Gasteiger partial charge in [0.1, 0.15) is 0 Å². The Hall–Kier alpha value is -1.88. The molecular formula is C20H27N3OS. The van der Waals surface area contributed by atoms with E-state index in [2.05, 4.69) is 16.7 Å². The molecule has 3 rings (SSSR count). The summed E-state index contributed by atoms with van der Waals surface area (Å²) in [4.78, 5) is 13.9. The minimum absolute atomic E-state index is 0.210. The summed E-state index contributed by atoms with van der Waals surface area (Å²) in [6.07, 6.45) is 10.1. The highest BCUT2D eigenvalue weighted by Gasteiger charge is 2.23. The Morgan fingerprint density at radius 2 is 2.12 bits per heavy atom. The first kappa shape index (κ1) is 17.9. The van der Waals surface area contributed by atoms with Gasteiger partial charge in [0, 0.05) is 30.9 Å². The number of rotatable bonds is 5. The number of allylic oxidation sites excluding steroid dienone is 1. The molecule has 1 aliphatic carbocycles. The molecule has 0 bridgehead atoms. The Kier molecular flexibility index (Phi) is 6.08. The molecule has 1 fully saturated rings. The summed E-state index contributed by atoms with van der Waals surface area (Å²) in [6, 6.07) is 6.08. The van der Waals surface area contributed by atoms with E-state index in [-0.39, 0.29) is 5.91 Å². The number of carbonyl (C=O) groups is 1. The van der Waals surface area contributed by atoms with E-state index in [1.807, 2.05) is 30.0 Å². The summed E-state index contributed by atoms with van der Waals surface area (Å²) >= 11 is 5.41. The molecule has 0 saturated carbocycles. The highest BCUT2D eigenvalue weighted by Crippen LogP contribution is 2.28. The largest absolute Gasteiger partial charge is 0.362 e. The van der Waals surface area contributed by atoms with Crippen molar-refractivity contribution in [2.24, 2.45) is 0 Å². The molecule has 1 saturated heterocycles. The fraction of sp³-hybridized carbons (Fsp3) is 0.500. The molecule has 134 valence electrons. The van der Waals surface area contributed by atoms with Crippen LogP contribution < -0.4 is 15.5 Å². The topological polar surface area (TPSA) is 44.4 Å². The summed E-state index contributed by atoms with van der Waals surface area (Å²) in [5, 5.41) is 7.18. The monoisotopic (exact) mass is 357 g/mol. The second-order valence-electron chi connectivity index (χ2n) is 6.89. The van der Waals surface area contributed by atoms with Crippen molar-refractivity contribution in [3.63, 3.8) is 0 Å². The predicted molar refractivity (Wildman–Crippen MR) is 108 cm³/mol. The zero-order valence-electron chi connectivity index (χ0n) is 14.9. The zero-order valence-corrected chi connectivity index (χ0v) is 15.8. The van der Waals surface area contributed by atoms with E-state index in [4.69, 9.17) is 12.2 Å². The van der Waals surface area contributed by atoms with Gasteiger partial charge in [-0.05, 0) is 75.4 Å². The highest BCUT2D eigenvalue weighted by atomic mass is 32.1. The number of amides is 1. The zero-order chi connectivity index (χ0) is 17.6. The van der Waals surface area contributed by atoms with Crippen molar-refractivity contribution in [2.45, 2.75) is 51.9 Å². The molecule has 1 heterocycles. The number of aryl methyl sites for hydroxylation is 1. The number of anilines is 2. The van der Waals surface area contributed by atoms with Crippen LogP contribution in [-0.4, -0.2) is 24.1 Å². The van der Waals surface area contributed by atoms with Crippen LogP contribution >= 0.6 is 12.2 Å². The summed E-state index contributed by atoms with van der Waals surface area (Å²) in [7, 11) is 0. The lowest BCUT2D eigenvalue weighted by atomic mass is 9.97. The van der Waals surface area contributed by atoms with Gasteiger partial charge in [-0.3, -0.25) is 4.79 Å². The van der Waals surface area contributed by atoms with Gasteiger partial charge in [-0.25, -0.2) is 0 Å². The van der Waals surface area contributed by atoms with E-state index < -0.39 is 0 Å². The molecule has 1 aromatic rings. The third kappa shape index (κ3) is 4.82. The van der Waals surface area contributed by atoms with Gasteiger partial charge < -0.3 is 15.5 Å². The van der Waals surface area contributed by atoms with Gasteiger partial charge in [0.2, 0.25) is 5.91 Å². The van der Waals surface area contributed by atoms with Crippen LogP contribution in [0.4, 0.5) is 11.4 Å². The summed E-state index contributed by atoms with van der Waals surface area (Å²) in [5.41, 5.74) is 4.58. The van der Waals surface area contributed by atoms with Crippen LogP contribution in [0.2, 0.25) is 0 Å². The fourth-order valence-corrected chi connectivity index (χ4v) is 3.74. The average Bonchev–Trinajstić information content (AvgIpc) is 3.03. The van der Waals surface area contributed by atoms with Gasteiger partial charge in [-0.15, -0.1) is 0 Å². The standard InChI is InChI=1S/C20H27N3OS/c1-15-9-10-17(14-18(15)23-13-5-8-19(23)24)22-20(25)21-12-11-16-6-3-2-4-7-16/h6,9-10,14H,2-5,7-8,11-13H2,1H3,(H2,21,22,25). The molecule has 0 radical (unpaired) electrons. The number of benzene rings is 1. The first-order chi connectivity index (χ1) is 12.1. The van der Waals surface area contributed by atoms with Gasteiger partial charge >= 0.3 is 0 Å². The molecule has 1 aromatic carbocycles. The number of nitrogens with one attached hydrogen (secondary N) is 2. The minimum atomic E-state index is 0.210. The molecule has 1 aliphatic heterocycles. The normalized spacial score (nSPS) is 17.4. The fourth-order valence-electron chi connectivity index (χ4n) is 3.52. The van der Waals surface area contributed by atoms with Gasteiger partial charge in [-0.1, -0.05) is 17.7 Å². The van der Waals surface area contributed by atoms with E-state index in [1.54, 1.807) is 5.57 Å². The van der Waals surface area contributed by atoms with Gasteiger partial charge in [-0.2, -0.15) is 0 Å². The second-order valence-corrected chi connectivity index (χ2v) is 7.30. The van der Waals surface area contributed by atoms with Crippen molar-refractivity contribution in [3.05, 3.63) is 35.4 Å². The van der Waals surface area contributed by atoms with Crippen molar-refractivity contribution >= 4 is 34.6 Å². The molecule has 2 aliphatic rings. The molecule has 2 N–H and O–H groups in total. The van der Waals surface area contributed by atoms with Crippen LogP contribution in [0.15, 0.2) is 29.8 Å². The van der Waals surface area contributed by atoms with Gasteiger partial charge in [0.15, 0.2) is 5.11 Å². The van der Waals surface area contributed by atoms with Gasteiger partial charge in [0.25, 0.3) is 0 Å². The molecule has 25 heavy (non-hydrogen) atoms. The predicted octanol–water partition coefficient (Wildman–Crippen LogP) is 4.30. The highest BCUT2D eigenvalue weighted by molar-refractivity contribution is 7.80. The molecule has 0 unspecified atom stereocenters. The lowest BCUT2D eigenvalue weighted by Crippen LogP contribution is -2.30. The van der Waals surface area contributed by atoms with Crippen molar-refractivity contribution in [3.8, 4) is 0 Å². The van der Waals surface area contributed by atoms with Crippen molar-refractivity contribution < 1.29 is 4.79 Å². The van der Waals surface area contributed by atoms with Crippen molar-refractivity contribution in [1.29, 1.82) is 0 Å². The third-order valence-corrected chi connectivity index (χ3v) is 5.19. The van der Waals surface area contributed by atoms with Crippen LogP contribution in [0.1, 0.15) is 50.5 Å². The second kappa shape index (κ2) is 8.48. The maximum atomic E-state index is 12.0. The average molecular weight is 358 g/mol. The van der Waals surface area contributed by atoms with Crippen LogP contribution in [0.25, 0.3) is 0 Å². The lowest BCUT2D eigenvalue weighted by molar-refractivity contribution is -0.117. The molecule has 0 aromatic heterocycles. The van der Waals surface area contributed by atoms with Crippen LogP contribution in [0.5, 0.6) is 0 Å². The first-order valence-electron chi connectivity index (χ1n) is 9.27. The summed E-state index contributed by atoms with van der Waals surface area (Å²) in [6.45, 7) is 3.71. The van der Waals surface area contributed by atoms with Crippen molar-refractivity contribution in [2.75, 3.05) is 23.3 Å². The molecule has 0 atom stereocenters. The molecule has 4 nitrogen and oxygen atoms in total. The summed E-state index contributed by atoms with van der Waals surface area (Å²) < 4.78 is 0. The number of hydrogen-bond acceptors (Lipinski definition) is 2. The Morgan fingerprint density at radius 1 is 1.24 bits per heavy atom. The van der Waals surface area contributed by atoms with E-state index >= 15 is 0 Å². The van der Waals surface area contributed by atoms with Crippen LogP contribution in [0, 0.1) is 6.92 Å². The number of thiocarbonyl (C=S) groups is 1. The number of hydrogen-bond donors (Lipinski definition) is 2. The number of carbonyl (C=O) groups excluding carboxylic acids is 1. The minimum Gasteiger partial charge on any atom is -0.362 e. The SMILES string of the molecule is Cc1ccc(NC(=S)NCCC2=CCCCC2)cc1N1CCCC1=O. The van der Waals surface area contributed by atoms with E-state index in [1.165, 1.54) is 25.7 Å². The van der Waals surface area contributed by atoms with Gasteiger partial charge in [0.05, 0.1) is 0 Å². The van der Waals surface area contributed by atoms with E-state index in [9.17, 15) is 4.79 Å². The van der Waals surface area contributed by atoms with E-state index in [0.717, 1.165) is 42.9 Å². The van der Waals surface area contributed by atoms with Crippen LogP contribution in [-0.2, 0) is 4.79 Å². The molecular weight excluding hydrogens is 330 g/mol. The Morgan fingerprint density at radius 3 is 2.84 bits per heavy atom. The molecule has 0 spiro atoms. The Balaban J connectivity index is 1.54. The Bertz CT molecular complexity index is 684. The summed E-state index contributed by atoms with van der Waals surface area (Å²) in [5.74, 6) is 0.210. The molecule has 5 heteroatoms. The quantitative estimate of drug-likeness (QED) is 0.609. The first-order valence-corrected chi connectivity index (χ1v) is 9.68. The Labute approximate surface area is 155 Å². The molecule has 1 amide bonds. The van der Waals surface area contributed by atoms with Crippen molar-refractivity contribution in [1.82, 2.24) is 5.32 Å². The van der Waals surface area contributed by atoms with Crippen LogP contribution in [0.3, 0.4) is 0 Å². The smallest absolute Gasteiger partial charge is 0.227 e. The maximum absolute atomic E-state index is 12.0. The van der Waals surface area contributed by atoms with E-state index in [0.29, 0.717) is 11.5 Å².